The predicted octanol–water partition coefficient (Wildman–Crippen LogP) is 18.1. The lowest BCUT2D eigenvalue weighted by molar-refractivity contribution is 0.332. The maximum Gasteiger partial charge on any atom is 0.252 e. The Kier molecular flexibility index (Phi) is 11.2. The fourth-order valence-electron chi connectivity index (χ4n) is 13.5. The number of benzene rings is 8. The molecule has 2 heterocycles. The predicted molar refractivity (Wildman–Crippen MR) is 325 cm³/mol. The molecule has 12 rings (SSSR count). The molecule has 3 heteroatoms. The van der Waals surface area contributed by atoms with Crippen molar-refractivity contribution in [2.75, 3.05) is 9.80 Å². The smallest absolute Gasteiger partial charge is 0.252 e. The summed E-state index contributed by atoms with van der Waals surface area (Å²) < 4.78 is 0. The van der Waals surface area contributed by atoms with Crippen LogP contribution in [-0.4, -0.2) is 6.71 Å². The van der Waals surface area contributed by atoms with E-state index in [0.717, 1.165) is 18.5 Å². The summed E-state index contributed by atoms with van der Waals surface area (Å²) in [5.74, 6) is 0. The van der Waals surface area contributed by atoms with Crippen molar-refractivity contribution in [2.24, 2.45) is 0 Å². The summed E-state index contributed by atoms with van der Waals surface area (Å²) in [4.78, 5) is 5.38. The average Bonchev–Trinajstić information content (AvgIpc) is 3.41. The van der Waals surface area contributed by atoms with Gasteiger partial charge in [0.1, 0.15) is 0 Å². The number of nitrogens with zero attached hydrogens (tertiary/aromatic N) is 2. The Morgan fingerprint density at radius 3 is 1.45 bits per heavy atom. The first-order chi connectivity index (χ1) is 35.4. The highest BCUT2D eigenvalue weighted by molar-refractivity contribution is 7.00. The lowest BCUT2D eigenvalue weighted by atomic mass is 9.33. The monoisotopic (exact) mass is 981 g/mol. The van der Waals surface area contributed by atoms with Crippen LogP contribution in [0.5, 0.6) is 0 Å². The molecule has 0 fully saturated rings. The van der Waals surface area contributed by atoms with Gasteiger partial charge in [0, 0.05) is 34.0 Å². The summed E-state index contributed by atoms with van der Waals surface area (Å²) in [6.45, 7) is 34.1. The molecule has 8 aromatic rings. The molecule has 0 amide bonds. The van der Waals surface area contributed by atoms with Crippen molar-refractivity contribution in [1.29, 1.82) is 0 Å². The second-order valence-electron chi connectivity index (χ2n) is 27.6. The molecule has 0 aromatic heterocycles. The molecule has 0 radical (unpaired) electrons. The summed E-state index contributed by atoms with van der Waals surface area (Å²) in [6, 6.07) is 64.0. The molecule has 8 aromatic carbocycles. The van der Waals surface area contributed by atoms with Crippen LogP contribution in [0.15, 0.2) is 164 Å². The fraction of sp³-hybridized carbons (Fsp3) is 0.333. The largest absolute Gasteiger partial charge is 0.311 e. The van der Waals surface area contributed by atoms with Gasteiger partial charge in [0.2, 0.25) is 0 Å². The van der Waals surface area contributed by atoms with Crippen molar-refractivity contribution in [2.45, 2.75) is 155 Å². The van der Waals surface area contributed by atoms with Crippen molar-refractivity contribution in [3.8, 4) is 33.4 Å². The van der Waals surface area contributed by atoms with Crippen molar-refractivity contribution < 1.29 is 0 Å². The van der Waals surface area contributed by atoms with Crippen LogP contribution in [0.2, 0.25) is 0 Å². The first kappa shape index (κ1) is 49.3. The molecule has 0 unspecified atom stereocenters. The second-order valence-corrected chi connectivity index (χ2v) is 27.6. The van der Waals surface area contributed by atoms with Gasteiger partial charge in [-0.1, -0.05) is 212 Å². The van der Waals surface area contributed by atoms with Gasteiger partial charge in [-0.05, 0) is 184 Å². The molecule has 2 aliphatic heterocycles. The molecule has 0 atom stereocenters. The molecule has 2 nitrogen and oxygen atoms in total. The van der Waals surface area contributed by atoms with Crippen LogP contribution in [0, 0.1) is 0 Å². The summed E-state index contributed by atoms with van der Waals surface area (Å²) in [5.41, 5.74) is 27.7. The molecular weight excluding hydrogens is 904 g/mol. The molecule has 0 saturated heterocycles. The van der Waals surface area contributed by atoms with Crippen molar-refractivity contribution in [3.63, 3.8) is 0 Å². The zero-order valence-corrected chi connectivity index (χ0v) is 47.4. The Bertz CT molecular complexity index is 3580. The molecule has 4 aliphatic rings. The van der Waals surface area contributed by atoms with Crippen LogP contribution in [0.4, 0.5) is 34.1 Å². The third-order valence-corrected chi connectivity index (χ3v) is 18.5. The molecule has 0 spiro atoms. The SMILES string of the molecule is CC(C)(C)c1ccc(N2c3cc4c(cc3B3c5ccc(-c6ccccc6)cc5N(c5cccc(-c6ccccc6)c5)c5cc(C(C)(C)C)cc2c53)C(C)(C)CCC4(C)C)c(-c2ccc3c(c2)C(C)(C)CCC3(C)C)c1. The number of hydrogen-bond acceptors (Lipinski definition) is 2. The van der Waals surface area contributed by atoms with Crippen LogP contribution in [0.3, 0.4) is 0 Å². The Labute approximate surface area is 450 Å². The van der Waals surface area contributed by atoms with Gasteiger partial charge in [-0.2, -0.15) is 0 Å². The van der Waals surface area contributed by atoms with Gasteiger partial charge in [0.05, 0.1) is 5.69 Å². The van der Waals surface area contributed by atoms with Crippen LogP contribution >= 0.6 is 0 Å². The molecule has 0 bridgehead atoms. The second kappa shape index (κ2) is 17.0. The van der Waals surface area contributed by atoms with Crippen molar-refractivity contribution in [1.82, 2.24) is 0 Å². The summed E-state index contributed by atoms with van der Waals surface area (Å²) in [5, 5.41) is 0. The highest BCUT2D eigenvalue weighted by atomic mass is 15.2. The first-order valence-corrected chi connectivity index (χ1v) is 28.0. The van der Waals surface area contributed by atoms with E-state index in [9.17, 15) is 0 Å². The average molecular weight is 981 g/mol. The zero-order chi connectivity index (χ0) is 52.8. The third kappa shape index (κ3) is 8.13. The maximum absolute atomic E-state index is 2.75. The summed E-state index contributed by atoms with van der Waals surface area (Å²) in [7, 11) is 0. The topological polar surface area (TPSA) is 6.48 Å². The van der Waals surface area contributed by atoms with E-state index < -0.39 is 0 Å². The number of hydrogen-bond donors (Lipinski definition) is 0. The van der Waals surface area contributed by atoms with Gasteiger partial charge in [-0.3, -0.25) is 0 Å². The van der Waals surface area contributed by atoms with E-state index in [2.05, 4.69) is 271 Å². The van der Waals surface area contributed by atoms with Crippen LogP contribution in [0.1, 0.15) is 156 Å². The van der Waals surface area contributed by atoms with Gasteiger partial charge in [-0.25, -0.2) is 0 Å². The Hall–Kier alpha value is -6.58. The molecule has 2 aliphatic carbocycles. The van der Waals surface area contributed by atoms with Crippen LogP contribution < -0.4 is 26.2 Å². The molecule has 0 saturated carbocycles. The van der Waals surface area contributed by atoms with E-state index in [1.165, 1.54) is 124 Å². The Morgan fingerprint density at radius 1 is 0.347 bits per heavy atom. The molecule has 378 valence electrons. The Balaban J connectivity index is 1.22. The lowest BCUT2D eigenvalue weighted by Crippen LogP contribution is -2.62. The van der Waals surface area contributed by atoms with Gasteiger partial charge in [-0.15, -0.1) is 0 Å². The number of anilines is 6. The highest BCUT2D eigenvalue weighted by Crippen LogP contribution is 2.54. The zero-order valence-electron chi connectivity index (χ0n) is 47.4. The van der Waals surface area contributed by atoms with E-state index in [1.54, 1.807) is 0 Å². The van der Waals surface area contributed by atoms with E-state index in [4.69, 9.17) is 0 Å². The first-order valence-electron chi connectivity index (χ1n) is 28.0. The molecule has 75 heavy (non-hydrogen) atoms. The number of rotatable bonds is 5. The summed E-state index contributed by atoms with van der Waals surface area (Å²) >= 11 is 0. The van der Waals surface area contributed by atoms with Crippen LogP contribution in [0.25, 0.3) is 33.4 Å². The summed E-state index contributed by atoms with van der Waals surface area (Å²) in [6.07, 6.45) is 4.68. The molecular formula is C72H77BN2. The van der Waals surface area contributed by atoms with E-state index >= 15 is 0 Å². The van der Waals surface area contributed by atoms with Gasteiger partial charge < -0.3 is 9.80 Å². The van der Waals surface area contributed by atoms with E-state index in [-0.39, 0.29) is 39.2 Å². The van der Waals surface area contributed by atoms with E-state index in [1.807, 2.05) is 0 Å². The third-order valence-electron chi connectivity index (χ3n) is 18.5. The quantitative estimate of drug-likeness (QED) is 0.159. The fourth-order valence-corrected chi connectivity index (χ4v) is 13.5. The van der Waals surface area contributed by atoms with Crippen molar-refractivity contribution in [3.05, 3.63) is 197 Å². The standard InChI is InChI=1S/C72H77BN2/c1-67(2,3)51-30-33-61(54(41-51)50-28-31-55-56(39-50)70(9,10)35-34-69(55,7)8)75-63-45-58-57(71(11,12)36-37-72(58,13)14)44-60(63)73-59-32-29-49(47-24-19-16-20-25-47)40-62(59)74(64-42-52(68(4,5)6)43-65(75)66(64)73)53-27-21-26-48(38-53)46-22-17-15-18-23-46/h15-33,38-45H,34-37H2,1-14H3. The van der Waals surface area contributed by atoms with Crippen LogP contribution in [-0.2, 0) is 32.5 Å². The van der Waals surface area contributed by atoms with E-state index in [0.29, 0.717) is 0 Å². The lowest BCUT2D eigenvalue weighted by Gasteiger charge is -2.48. The van der Waals surface area contributed by atoms with Gasteiger partial charge in [0.15, 0.2) is 0 Å². The molecule has 0 N–H and O–H groups in total. The van der Waals surface area contributed by atoms with Gasteiger partial charge in [0.25, 0.3) is 6.71 Å². The maximum atomic E-state index is 2.75. The number of fused-ring (bicyclic) bond motifs is 6. The van der Waals surface area contributed by atoms with Crippen molar-refractivity contribution >= 4 is 57.2 Å². The minimum absolute atomic E-state index is 0.00960. The Morgan fingerprint density at radius 2 is 0.853 bits per heavy atom. The van der Waals surface area contributed by atoms with Gasteiger partial charge >= 0.3 is 0 Å². The normalized spacial score (nSPS) is 17.6. The minimum Gasteiger partial charge on any atom is -0.311 e. The minimum atomic E-state index is -0.158. The highest BCUT2D eigenvalue weighted by Gasteiger charge is 2.48.